The highest BCUT2D eigenvalue weighted by Crippen LogP contribution is 2.29. The molecule has 0 spiro atoms. The maximum Gasteiger partial charge on any atom is 0.354 e. The van der Waals surface area contributed by atoms with Gasteiger partial charge in [-0.25, -0.2) is 4.79 Å². The summed E-state index contributed by atoms with van der Waals surface area (Å²) in [7, 11) is 0. The first kappa shape index (κ1) is 18.3. The molecule has 6 heteroatoms. The number of nitrogens with one attached hydrogen (secondary N) is 3. The Bertz CT molecular complexity index is 997. The van der Waals surface area contributed by atoms with E-state index < -0.39 is 0 Å². The number of ether oxygens (including phenoxy) is 1. The number of aromatic amines is 1. The van der Waals surface area contributed by atoms with Gasteiger partial charge in [-0.15, -0.1) is 0 Å². The van der Waals surface area contributed by atoms with Crippen LogP contribution >= 0.6 is 0 Å². The molecule has 0 saturated carbocycles. The lowest BCUT2D eigenvalue weighted by Crippen LogP contribution is -2.39. The van der Waals surface area contributed by atoms with Crippen molar-refractivity contribution in [3.05, 3.63) is 65.9 Å². The van der Waals surface area contributed by atoms with Crippen molar-refractivity contribution in [2.45, 2.75) is 25.3 Å². The first-order chi connectivity index (χ1) is 13.7. The van der Waals surface area contributed by atoms with Crippen molar-refractivity contribution >= 4 is 28.5 Å². The number of benzene rings is 2. The zero-order valence-corrected chi connectivity index (χ0v) is 15.7. The largest absolute Gasteiger partial charge is 0.461 e. The molecule has 0 radical (unpaired) electrons. The van der Waals surface area contributed by atoms with Gasteiger partial charge in [0.1, 0.15) is 5.69 Å². The zero-order valence-electron chi connectivity index (χ0n) is 15.7. The summed E-state index contributed by atoms with van der Waals surface area (Å²) in [5.41, 5.74) is 3.10. The van der Waals surface area contributed by atoms with Gasteiger partial charge >= 0.3 is 5.97 Å². The van der Waals surface area contributed by atoms with Crippen LogP contribution in [0.25, 0.3) is 10.9 Å². The Labute approximate surface area is 163 Å². The molecule has 2 heterocycles. The number of amides is 1. The zero-order chi connectivity index (χ0) is 19.5. The van der Waals surface area contributed by atoms with Gasteiger partial charge in [0.25, 0.3) is 0 Å². The molecule has 144 valence electrons. The summed E-state index contributed by atoms with van der Waals surface area (Å²) in [5, 5.41) is 7.17. The molecule has 1 aliphatic heterocycles. The van der Waals surface area contributed by atoms with Crippen molar-refractivity contribution in [3.63, 3.8) is 0 Å². The Morgan fingerprint density at radius 1 is 1.14 bits per heavy atom. The van der Waals surface area contributed by atoms with E-state index in [0.29, 0.717) is 18.0 Å². The third-order valence-electron chi connectivity index (χ3n) is 5.12. The molecule has 6 nitrogen and oxygen atoms in total. The number of carbonyl (C=O) groups excluding carboxylic acids is 2. The summed E-state index contributed by atoms with van der Waals surface area (Å²) in [5.74, 6) is -0.274. The summed E-state index contributed by atoms with van der Waals surface area (Å²) in [6.07, 6.45) is 0.932. The van der Waals surface area contributed by atoms with Crippen LogP contribution in [0.5, 0.6) is 0 Å². The Morgan fingerprint density at radius 3 is 2.75 bits per heavy atom. The maximum atomic E-state index is 12.9. The second-order valence-corrected chi connectivity index (χ2v) is 6.93. The fraction of sp³-hybridized carbons (Fsp3) is 0.273. The molecule has 1 aliphatic rings. The predicted octanol–water partition coefficient (Wildman–Crippen LogP) is 3.43. The highest BCUT2D eigenvalue weighted by Gasteiger charge is 2.33. The summed E-state index contributed by atoms with van der Waals surface area (Å²) in [6.45, 7) is 2.91. The monoisotopic (exact) mass is 377 g/mol. The second kappa shape index (κ2) is 7.86. The SMILES string of the molecule is CCOC(=O)c1cc2cc(NC(=O)[C@@H]3NCC[C@H]3c3ccccc3)ccc2[nH]1. The predicted molar refractivity (Wildman–Crippen MR) is 108 cm³/mol. The van der Waals surface area contributed by atoms with Gasteiger partial charge in [0.05, 0.1) is 12.6 Å². The fourth-order valence-corrected chi connectivity index (χ4v) is 3.79. The average Bonchev–Trinajstić information content (AvgIpc) is 3.36. The molecule has 0 aliphatic carbocycles. The first-order valence-corrected chi connectivity index (χ1v) is 9.55. The normalized spacial score (nSPS) is 18.9. The van der Waals surface area contributed by atoms with Crippen molar-refractivity contribution in [1.82, 2.24) is 10.3 Å². The highest BCUT2D eigenvalue weighted by molar-refractivity contribution is 5.99. The number of rotatable bonds is 5. The van der Waals surface area contributed by atoms with E-state index in [1.807, 2.05) is 36.4 Å². The van der Waals surface area contributed by atoms with E-state index in [1.54, 1.807) is 13.0 Å². The van der Waals surface area contributed by atoms with E-state index in [2.05, 4.69) is 27.8 Å². The lowest BCUT2D eigenvalue weighted by atomic mass is 9.91. The number of aromatic nitrogens is 1. The molecule has 4 rings (SSSR count). The standard InChI is InChI=1S/C22H23N3O3/c1-2-28-22(27)19-13-15-12-16(8-9-18(15)25-19)24-21(26)20-17(10-11-23-20)14-6-4-3-5-7-14/h3-9,12-13,17,20,23,25H,2,10-11H2,1H3,(H,24,26)/t17-,20+/m0/s1. The first-order valence-electron chi connectivity index (χ1n) is 9.55. The summed E-state index contributed by atoms with van der Waals surface area (Å²) in [6, 6.07) is 17.1. The van der Waals surface area contributed by atoms with Gasteiger partial charge in [-0.3, -0.25) is 4.79 Å². The Balaban J connectivity index is 1.51. The third kappa shape index (κ3) is 3.64. The smallest absolute Gasteiger partial charge is 0.354 e. The van der Waals surface area contributed by atoms with Crippen molar-refractivity contribution in [1.29, 1.82) is 0 Å². The lowest BCUT2D eigenvalue weighted by Gasteiger charge is -2.19. The molecule has 2 aromatic carbocycles. The fourth-order valence-electron chi connectivity index (χ4n) is 3.79. The van der Waals surface area contributed by atoms with Crippen molar-refractivity contribution in [3.8, 4) is 0 Å². The van der Waals surface area contributed by atoms with Crippen LogP contribution in [-0.4, -0.2) is 36.1 Å². The van der Waals surface area contributed by atoms with E-state index >= 15 is 0 Å². The molecule has 0 bridgehead atoms. The van der Waals surface area contributed by atoms with Crippen molar-refractivity contribution < 1.29 is 14.3 Å². The second-order valence-electron chi connectivity index (χ2n) is 6.93. The number of esters is 1. The number of hydrogen-bond acceptors (Lipinski definition) is 4. The number of anilines is 1. The molecule has 1 aromatic heterocycles. The Hall–Kier alpha value is -3.12. The summed E-state index contributed by atoms with van der Waals surface area (Å²) < 4.78 is 5.03. The van der Waals surface area contributed by atoms with Crippen LogP contribution in [0.2, 0.25) is 0 Å². The molecule has 3 N–H and O–H groups in total. The number of H-pyrrole nitrogens is 1. The molecule has 3 aromatic rings. The van der Waals surface area contributed by atoms with Crippen LogP contribution in [0.4, 0.5) is 5.69 Å². The van der Waals surface area contributed by atoms with Gasteiger partial charge < -0.3 is 20.4 Å². The Morgan fingerprint density at radius 2 is 1.96 bits per heavy atom. The van der Waals surface area contributed by atoms with Crippen LogP contribution in [-0.2, 0) is 9.53 Å². The molecule has 0 unspecified atom stereocenters. The minimum absolute atomic E-state index is 0.0492. The number of fused-ring (bicyclic) bond motifs is 1. The van der Waals surface area contributed by atoms with Crippen molar-refractivity contribution in [2.24, 2.45) is 0 Å². The van der Waals surface area contributed by atoms with Gasteiger partial charge in [0.2, 0.25) is 5.91 Å². The maximum absolute atomic E-state index is 12.9. The van der Waals surface area contributed by atoms with Crippen LogP contribution in [0.1, 0.15) is 35.3 Å². The molecule has 1 fully saturated rings. The van der Waals surface area contributed by atoms with Crippen LogP contribution in [0.15, 0.2) is 54.6 Å². The van der Waals surface area contributed by atoms with E-state index in [0.717, 1.165) is 23.9 Å². The molecular formula is C22H23N3O3. The van der Waals surface area contributed by atoms with Crippen LogP contribution in [0.3, 0.4) is 0 Å². The summed E-state index contributed by atoms with van der Waals surface area (Å²) >= 11 is 0. The van der Waals surface area contributed by atoms with Gasteiger partial charge in [-0.2, -0.15) is 0 Å². The molecule has 2 atom stereocenters. The van der Waals surface area contributed by atoms with Gasteiger partial charge in [-0.05, 0) is 49.7 Å². The Kier molecular flexibility index (Phi) is 5.12. The summed E-state index contributed by atoms with van der Waals surface area (Å²) in [4.78, 5) is 27.8. The number of carbonyl (C=O) groups is 2. The van der Waals surface area contributed by atoms with E-state index in [9.17, 15) is 9.59 Å². The van der Waals surface area contributed by atoms with Gasteiger partial charge in [-0.1, -0.05) is 30.3 Å². The highest BCUT2D eigenvalue weighted by atomic mass is 16.5. The average molecular weight is 377 g/mol. The van der Waals surface area contributed by atoms with Gasteiger partial charge in [0.15, 0.2) is 0 Å². The molecule has 1 saturated heterocycles. The minimum Gasteiger partial charge on any atom is -0.461 e. The van der Waals surface area contributed by atoms with Gasteiger partial charge in [0, 0.05) is 22.5 Å². The molecular weight excluding hydrogens is 354 g/mol. The molecule has 1 amide bonds. The van der Waals surface area contributed by atoms with E-state index in [4.69, 9.17) is 4.74 Å². The van der Waals surface area contributed by atoms with E-state index in [1.165, 1.54) is 5.56 Å². The minimum atomic E-state index is -0.384. The third-order valence-corrected chi connectivity index (χ3v) is 5.12. The number of hydrogen-bond donors (Lipinski definition) is 3. The van der Waals surface area contributed by atoms with Crippen molar-refractivity contribution in [2.75, 3.05) is 18.5 Å². The molecule has 28 heavy (non-hydrogen) atoms. The van der Waals surface area contributed by atoms with E-state index in [-0.39, 0.29) is 23.8 Å². The lowest BCUT2D eigenvalue weighted by molar-refractivity contribution is -0.118. The van der Waals surface area contributed by atoms with Crippen LogP contribution in [0, 0.1) is 0 Å². The quantitative estimate of drug-likeness (QED) is 0.595. The van der Waals surface area contributed by atoms with Crippen LogP contribution < -0.4 is 10.6 Å². The topological polar surface area (TPSA) is 83.2 Å².